The molecule has 0 bridgehead atoms. The minimum absolute atomic E-state index is 0.650. The predicted molar refractivity (Wildman–Crippen MR) is 193 cm³/mol. The largest absolute Gasteiger partial charge is 0.316 e. The molecule has 0 N–H and O–H groups in total. The van der Waals surface area contributed by atoms with E-state index in [1.807, 2.05) is 6.07 Å². The zero-order chi connectivity index (χ0) is 30.9. The van der Waals surface area contributed by atoms with Gasteiger partial charge in [-0.2, -0.15) is 0 Å². The van der Waals surface area contributed by atoms with Crippen molar-refractivity contribution in [1.82, 2.24) is 23.7 Å². The molecule has 0 aliphatic carbocycles. The maximum atomic E-state index is 5.52. The van der Waals surface area contributed by atoms with E-state index in [4.69, 9.17) is 9.97 Å². The first-order valence-electron chi connectivity index (χ1n) is 15.9. The third kappa shape index (κ3) is 3.83. The molecule has 0 saturated carbocycles. The van der Waals surface area contributed by atoms with Gasteiger partial charge in [0.2, 0.25) is 5.95 Å². The summed E-state index contributed by atoms with van der Waals surface area (Å²) in [6.45, 7) is 0. The van der Waals surface area contributed by atoms with Gasteiger partial charge in [-0.25, -0.2) is 9.97 Å². The topological polar surface area (TPSA) is 40.6 Å². The highest BCUT2D eigenvalue weighted by atomic mass is 15.2. The van der Waals surface area contributed by atoms with Crippen molar-refractivity contribution < 1.29 is 0 Å². The van der Waals surface area contributed by atoms with Crippen LogP contribution in [-0.2, 0) is 0 Å². The Morgan fingerprint density at radius 3 is 1.91 bits per heavy atom. The quantitative estimate of drug-likeness (QED) is 0.201. The molecule has 10 aromatic rings. The standard InChI is InChI=1S/C42H27N5/c1-3-14-29(15-4-1)45-26-24-35-37(45)23-22-34-32-19-9-10-21-38(32)47(40(34)35)42-43-36-25-27-46(30-16-5-2-6-17-30)41(36)39(44-42)33-20-11-13-28-12-7-8-18-31(28)33/h1-27H. The second-order valence-electron chi connectivity index (χ2n) is 11.9. The van der Waals surface area contributed by atoms with Crippen molar-refractivity contribution >= 4 is 54.5 Å². The van der Waals surface area contributed by atoms with Crippen LogP contribution >= 0.6 is 0 Å². The van der Waals surface area contributed by atoms with Gasteiger partial charge in [0, 0.05) is 45.5 Å². The summed E-state index contributed by atoms with van der Waals surface area (Å²) >= 11 is 0. The van der Waals surface area contributed by atoms with Gasteiger partial charge in [-0.15, -0.1) is 0 Å². The monoisotopic (exact) mass is 601 g/mol. The zero-order valence-electron chi connectivity index (χ0n) is 25.3. The average Bonchev–Trinajstić information content (AvgIpc) is 3.86. The number of hydrogen-bond donors (Lipinski definition) is 0. The molecular formula is C42H27N5. The first kappa shape index (κ1) is 25.8. The molecule has 0 unspecified atom stereocenters. The van der Waals surface area contributed by atoms with Crippen LogP contribution in [0.3, 0.4) is 0 Å². The van der Waals surface area contributed by atoms with Gasteiger partial charge < -0.3 is 9.13 Å². The van der Waals surface area contributed by atoms with Gasteiger partial charge >= 0.3 is 0 Å². The van der Waals surface area contributed by atoms with Gasteiger partial charge in [-0.3, -0.25) is 4.57 Å². The molecule has 5 heteroatoms. The molecule has 0 radical (unpaired) electrons. The fourth-order valence-electron chi connectivity index (χ4n) is 7.25. The fraction of sp³-hybridized carbons (Fsp3) is 0. The molecule has 6 aromatic carbocycles. The zero-order valence-corrected chi connectivity index (χ0v) is 25.3. The van der Waals surface area contributed by atoms with Crippen LogP contribution in [0.4, 0.5) is 0 Å². The normalized spacial score (nSPS) is 11.8. The number of fused-ring (bicyclic) bond motifs is 7. The molecule has 4 aromatic heterocycles. The summed E-state index contributed by atoms with van der Waals surface area (Å²) in [6.07, 6.45) is 4.27. The minimum Gasteiger partial charge on any atom is -0.316 e. The Morgan fingerprint density at radius 2 is 1.09 bits per heavy atom. The van der Waals surface area contributed by atoms with Gasteiger partial charge in [-0.1, -0.05) is 103 Å². The lowest BCUT2D eigenvalue weighted by Gasteiger charge is -2.14. The number of hydrogen-bond acceptors (Lipinski definition) is 2. The van der Waals surface area contributed by atoms with Gasteiger partial charge in [-0.05, 0) is 59.3 Å². The third-order valence-electron chi connectivity index (χ3n) is 9.34. The SMILES string of the molecule is c1ccc(-n2ccc3c2ccc2c4ccccc4n(-c4nc(-c5cccc6ccccc56)c5c(ccn5-c5ccccc5)n4)c23)cc1. The number of aromatic nitrogens is 5. The van der Waals surface area contributed by atoms with Crippen molar-refractivity contribution in [3.8, 4) is 28.6 Å². The molecule has 0 amide bonds. The lowest BCUT2D eigenvalue weighted by molar-refractivity contribution is 1.01. The molecule has 0 atom stereocenters. The Morgan fingerprint density at radius 1 is 0.404 bits per heavy atom. The summed E-state index contributed by atoms with van der Waals surface area (Å²) in [4.78, 5) is 10.8. The van der Waals surface area contributed by atoms with Crippen LogP contribution in [-0.4, -0.2) is 23.7 Å². The lowest BCUT2D eigenvalue weighted by atomic mass is 10.0. The second kappa shape index (κ2) is 10.0. The molecule has 47 heavy (non-hydrogen) atoms. The first-order chi connectivity index (χ1) is 23.3. The van der Waals surface area contributed by atoms with E-state index in [9.17, 15) is 0 Å². The van der Waals surface area contributed by atoms with Gasteiger partial charge in [0.25, 0.3) is 0 Å². The van der Waals surface area contributed by atoms with Crippen molar-refractivity contribution in [2.75, 3.05) is 0 Å². The van der Waals surface area contributed by atoms with E-state index in [0.717, 1.165) is 61.0 Å². The van der Waals surface area contributed by atoms with Crippen LogP contribution in [0.15, 0.2) is 164 Å². The van der Waals surface area contributed by atoms with Crippen LogP contribution in [0.1, 0.15) is 0 Å². The van der Waals surface area contributed by atoms with Crippen LogP contribution < -0.4 is 0 Å². The second-order valence-corrected chi connectivity index (χ2v) is 11.9. The molecule has 0 fully saturated rings. The van der Waals surface area contributed by atoms with E-state index in [-0.39, 0.29) is 0 Å². The first-order valence-corrected chi connectivity index (χ1v) is 15.9. The minimum atomic E-state index is 0.650. The van der Waals surface area contributed by atoms with E-state index in [1.165, 1.54) is 16.2 Å². The summed E-state index contributed by atoms with van der Waals surface area (Å²) < 4.78 is 6.72. The molecule has 0 spiro atoms. The maximum Gasteiger partial charge on any atom is 0.235 e. The van der Waals surface area contributed by atoms with Crippen LogP contribution in [0.2, 0.25) is 0 Å². The summed E-state index contributed by atoms with van der Waals surface area (Å²) in [5, 5.41) is 5.84. The van der Waals surface area contributed by atoms with Crippen LogP contribution in [0.5, 0.6) is 0 Å². The average molecular weight is 602 g/mol. The van der Waals surface area contributed by atoms with Crippen molar-refractivity contribution in [3.05, 3.63) is 164 Å². The van der Waals surface area contributed by atoms with Crippen molar-refractivity contribution in [2.45, 2.75) is 0 Å². The Bertz CT molecular complexity index is 2780. The van der Waals surface area contributed by atoms with E-state index in [0.29, 0.717) is 5.95 Å². The molecule has 0 aliphatic rings. The molecule has 10 rings (SSSR count). The van der Waals surface area contributed by atoms with Crippen molar-refractivity contribution in [2.24, 2.45) is 0 Å². The molecule has 0 aliphatic heterocycles. The molecule has 4 heterocycles. The number of benzene rings is 6. The van der Waals surface area contributed by atoms with E-state index >= 15 is 0 Å². The predicted octanol–water partition coefficient (Wildman–Crippen LogP) is 10.3. The van der Waals surface area contributed by atoms with E-state index < -0.39 is 0 Å². The Hall–Kier alpha value is -6.46. The highest BCUT2D eigenvalue weighted by molar-refractivity contribution is 6.18. The Balaban J connectivity index is 1.33. The molecule has 0 saturated heterocycles. The third-order valence-corrected chi connectivity index (χ3v) is 9.34. The Kier molecular flexibility index (Phi) is 5.51. The Labute approximate surface area is 270 Å². The number of para-hydroxylation sites is 3. The van der Waals surface area contributed by atoms with Crippen molar-refractivity contribution in [1.29, 1.82) is 0 Å². The van der Waals surface area contributed by atoms with E-state index in [1.54, 1.807) is 0 Å². The molecular weight excluding hydrogens is 574 g/mol. The van der Waals surface area contributed by atoms with Crippen LogP contribution in [0, 0.1) is 0 Å². The summed E-state index contributed by atoms with van der Waals surface area (Å²) in [6, 6.07) is 53.3. The van der Waals surface area contributed by atoms with Gasteiger partial charge in [0.1, 0.15) is 5.69 Å². The molecule has 5 nitrogen and oxygen atoms in total. The fourth-order valence-corrected chi connectivity index (χ4v) is 7.25. The summed E-state index contributed by atoms with van der Waals surface area (Å²) in [7, 11) is 0. The maximum absolute atomic E-state index is 5.52. The number of nitrogens with zero attached hydrogens (tertiary/aromatic N) is 5. The highest BCUT2D eigenvalue weighted by Crippen LogP contribution is 2.39. The summed E-state index contributed by atoms with van der Waals surface area (Å²) in [5.41, 5.74) is 9.36. The van der Waals surface area contributed by atoms with Crippen molar-refractivity contribution in [3.63, 3.8) is 0 Å². The highest BCUT2D eigenvalue weighted by Gasteiger charge is 2.22. The number of rotatable bonds is 4. The van der Waals surface area contributed by atoms with Gasteiger partial charge in [0.05, 0.1) is 27.6 Å². The smallest absolute Gasteiger partial charge is 0.235 e. The van der Waals surface area contributed by atoms with E-state index in [2.05, 4.69) is 172 Å². The lowest BCUT2D eigenvalue weighted by Crippen LogP contribution is -2.05. The summed E-state index contributed by atoms with van der Waals surface area (Å²) in [5.74, 6) is 0.650. The molecule has 220 valence electrons. The van der Waals surface area contributed by atoms with Gasteiger partial charge in [0.15, 0.2) is 0 Å². The van der Waals surface area contributed by atoms with Crippen LogP contribution in [0.25, 0.3) is 83.1 Å².